The van der Waals surface area contributed by atoms with Gasteiger partial charge in [0.2, 0.25) is 0 Å². The summed E-state index contributed by atoms with van der Waals surface area (Å²) in [6.07, 6.45) is 0. The fourth-order valence-electron chi connectivity index (χ4n) is 2.67. The Hall–Kier alpha value is -3.09. The topological polar surface area (TPSA) is 82.2 Å². The number of rotatable bonds is 5. The fourth-order valence-corrected chi connectivity index (χ4v) is 2.67. The van der Waals surface area contributed by atoms with Crippen molar-refractivity contribution in [2.45, 2.75) is 34.3 Å². The Labute approximate surface area is 151 Å². The first-order valence-corrected chi connectivity index (χ1v) is 8.33. The number of carbonyl (C=O) groups is 1. The summed E-state index contributed by atoms with van der Waals surface area (Å²) < 4.78 is 12.7. The van der Waals surface area contributed by atoms with E-state index >= 15 is 0 Å². The van der Waals surface area contributed by atoms with Gasteiger partial charge in [-0.05, 0) is 44.9 Å². The number of carbonyl (C=O) groups excluding carboxylic acids is 1. The lowest BCUT2D eigenvalue weighted by Gasteiger charge is -2.11. The van der Waals surface area contributed by atoms with Crippen LogP contribution in [0.5, 0.6) is 5.75 Å². The zero-order valence-corrected chi connectivity index (χ0v) is 15.6. The van der Waals surface area contributed by atoms with Gasteiger partial charge in [0.15, 0.2) is 5.69 Å². The fraction of sp³-hybridized carbons (Fsp3) is 0.316. The van der Waals surface area contributed by atoms with Crippen LogP contribution in [-0.2, 0) is 13.7 Å². The van der Waals surface area contributed by atoms with Crippen molar-refractivity contribution in [1.29, 1.82) is 0 Å². The molecule has 3 aromatic rings. The van der Waals surface area contributed by atoms with E-state index in [0.717, 1.165) is 22.6 Å². The maximum absolute atomic E-state index is 12.6. The van der Waals surface area contributed by atoms with Crippen LogP contribution >= 0.6 is 0 Å². The Morgan fingerprint density at radius 1 is 1.27 bits per heavy atom. The van der Waals surface area contributed by atoms with Crippen LogP contribution in [0.15, 0.2) is 28.8 Å². The first-order valence-electron chi connectivity index (χ1n) is 8.33. The quantitative estimate of drug-likeness (QED) is 0.758. The molecule has 2 heterocycles. The van der Waals surface area contributed by atoms with E-state index in [1.807, 2.05) is 39.0 Å². The zero-order valence-electron chi connectivity index (χ0n) is 15.6. The Morgan fingerprint density at radius 2 is 2.04 bits per heavy atom. The van der Waals surface area contributed by atoms with Gasteiger partial charge in [-0.3, -0.25) is 9.48 Å². The van der Waals surface area contributed by atoms with Gasteiger partial charge in [-0.2, -0.15) is 5.10 Å². The minimum atomic E-state index is -0.357. The molecule has 1 amide bonds. The number of aryl methyl sites for hydroxylation is 4. The summed E-state index contributed by atoms with van der Waals surface area (Å²) in [5, 5.41) is 10.9. The van der Waals surface area contributed by atoms with Crippen LogP contribution in [0.25, 0.3) is 0 Å². The van der Waals surface area contributed by atoms with Crippen molar-refractivity contribution < 1.29 is 14.1 Å². The monoisotopic (exact) mass is 354 g/mol. The number of nitrogens with one attached hydrogen (secondary N) is 1. The number of anilines is 1. The van der Waals surface area contributed by atoms with Crippen LogP contribution in [0.3, 0.4) is 0 Å². The number of nitrogens with zero attached hydrogens (tertiary/aromatic N) is 3. The average molecular weight is 354 g/mol. The highest BCUT2D eigenvalue weighted by atomic mass is 16.5. The minimum absolute atomic E-state index is 0.201. The Balaban J connectivity index is 1.79. The standard InChI is InChI=1S/C19H22N4O3/c1-11-7-6-8-16(13(11)3)25-10-15-14(4)26-22-18(15)19(24)20-17-9-12(2)21-23(17)5/h6-9H,10H2,1-5H3,(H,20,24). The molecule has 0 aliphatic carbocycles. The first kappa shape index (κ1) is 17.7. The molecule has 1 aromatic carbocycles. The molecule has 0 aliphatic heterocycles. The Kier molecular flexibility index (Phi) is 4.79. The molecule has 1 N–H and O–H groups in total. The smallest absolute Gasteiger partial charge is 0.279 e. The van der Waals surface area contributed by atoms with Crippen LogP contribution in [0, 0.1) is 27.7 Å². The number of aromatic nitrogens is 3. The second kappa shape index (κ2) is 7.03. The molecular formula is C19H22N4O3. The van der Waals surface area contributed by atoms with Gasteiger partial charge in [-0.25, -0.2) is 0 Å². The summed E-state index contributed by atoms with van der Waals surface area (Å²) in [4.78, 5) is 12.6. The number of hydrogen-bond acceptors (Lipinski definition) is 5. The van der Waals surface area contributed by atoms with Crippen molar-refractivity contribution in [3.63, 3.8) is 0 Å². The predicted molar refractivity (Wildman–Crippen MR) is 97.4 cm³/mol. The van der Waals surface area contributed by atoms with Gasteiger partial charge < -0.3 is 14.6 Å². The molecule has 7 heteroatoms. The van der Waals surface area contributed by atoms with Crippen LogP contribution in [0.2, 0.25) is 0 Å². The van der Waals surface area contributed by atoms with E-state index in [1.54, 1.807) is 24.7 Å². The lowest BCUT2D eigenvalue weighted by atomic mass is 10.1. The van der Waals surface area contributed by atoms with Crippen LogP contribution in [0.4, 0.5) is 5.82 Å². The van der Waals surface area contributed by atoms with Crippen LogP contribution < -0.4 is 10.1 Å². The third-order valence-electron chi connectivity index (χ3n) is 4.37. The molecule has 0 atom stereocenters. The van der Waals surface area contributed by atoms with E-state index in [-0.39, 0.29) is 18.2 Å². The average Bonchev–Trinajstić information content (AvgIpc) is 3.11. The van der Waals surface area contributed by atoms with E-state index in [1.165, 1.54) is 0 Å². The van der Waals surface area contributed by atoms with Crippen molar-refractivity contribution in [2.24, 2.45) is 7.05 Å². The lowest BCUT2D eigenvalue weighted by Crippen LogP contribution is -2.17. The summed E-state index contributed by atoms with van der Waals surface area (Å²) in [6, 6.07) is 7.67. The van der Waals surface area contributed by atoms with Gasteiger partial charge in [0.05, 0.1) is 11.3 Å². The van der Waals surface area contributed by atoms with Gasteiger partial charge in [0, 0.05) is 13.1 Å². The maximum Gasteiger partial charge on any atom is 0.279 e. The lowest BCUT2D eigenvalue weighted by molar-refractivity contribution is 0.101. The van der Waals surface area contributed by atoms with E-state index < -0.39 is 0 Å². The summed E-state index contributed by atoms with van der Waals surface area (Å²) in [5.74, 6) is 1.57. The predicted octanol–water partition coefficient (Wildman–Crippen LogP) is 3.47. The molecule has 0 fully saturated rings. The molecule has 0 unspecified atom stereocenters. The van der Waals surface area contributed by atoms with Gasteiger partial charge in [-0.15, -0.1) is 0 Å². The molecule has 0 saturated carbocycles. The summed E-state index contributed by atoms with van der Waals surface area (Å²) in [5.41, 5.74) is 3.87. The highest BCUT2D eigenvalue weighted by molar-refractivity contribution is 6.03. The molecule has 3 rings (SSSR count). The molecule has 0 radical (unpaired) electrons. The zero-order chi connectivity index (χ0) is 18.8. The number of ether oxygens (including phenoxy) is 1. The van der Waals surface area contributed by atoms with Crippen molar-refractivity contribution in [3.05, 3.63) is 58.1 Å². The van der Waals surface area contributed by atoms with E-state index in [0.29, 0.717) is 17.1 Å². The molecule has 0 aliphatic rings. The Bertz CT molecular complexity index is 956. The molecule has 26 heavy (non-hydrogen) atoms. The minimum Gasteiger partial charge on any atom is -0.488 e. The maximum atomic E-state index is 12.6. The summed E-state index contributed by atoms with van der Waals surface area (Å²) in [7, 11) is 1.77. The normalized spacial score (nSPS) is 10.8. The number of amides is 1. The van der Waals surface area contributed by atoms with Gasteiger partial charge >= 0.3 is 0 Å². The van der Waals surface area contributed by atoms with Crippen molar-refractivity contribution >= 4 is 11.7 Å². The second-order valence-corrected chi connectivity index (χ2v) is 6.30. The molecule has 0 saturated heterocycles. The first-order chi connectivity index (χ1) is 12.4. The summed E-state index contributed by atoms with van der Waals surface area (Å²) in [6.45, 7) is 7.86. The van der Waals surface area contributed by atoms with Gasteiger partial charge in [-0.1, -0.05) is 17.3 Å². The summed E-state index contributed by atoms with van der Waals surface area (Å²) >= 11 is 0. The van der Waals surface area contributed by atoms with E-state index in [4.69, 9.17) is 9.26 Å². The third kappa shape index (κ3) is 3.46. The molecule has 136 valence electrons. The molecule has 0 spiro atoms. The highest BCUT2D eigenvalue weighted by Crippen LogP contribution is 2.24. The third-order valence-corrected chi connectivity index (χ3v) is 4.37. The SMILES string of the molecule is Cc1cc(NC(=O)c2noc(C)c2COc2cccc(C)c2C)n(C)n1. The van der Waals surface area contributed by atoms with Crippen LogP contribution in [-0.4, -0.2) is 20.8 Å². The largest absolute Gasteiger partial charge is 0.488 e. The molecule has 7 nitrogen and oxygen atoms in total. The van der Waals surface area contributed by atoms with Crippen LogP contribution in [0.1, 0.15) is 38.6 Å². The molecule has 0 bridgehead atoms. The number of benzene rings is 1. The van der Waals surface area contributed by atoms with E-state index in [9.17, 15) is 4.79 Å². The Morgan fingerprint density at radius 3 is 2.73 bits per heavy atom. The van der Waals surface area contributed by atoms with Crippen molar-refractivity contribution in [3.8, 4) is 5.75 Å². The second-order valence-electron chi connectivity index (χ2n) is 6.30. The molecular weight excluding hydrogens is 332 g/mol. The number of hydrogen-bond donors (Lipinski definition) is 1. The molecule has 2 aromatic heterocycles. The van der Waals surface area contributed by atoms with Gasteiger partial charge in [0.25, 0.3) is 5.91 Å². The van der Waals surface area contributed by atoms with Gasteiger partial charge in [0.1, 0.15) is 23.9 Å². The van der Waals surface area contributed by atoms with Crippen molar-refractivity contribution in [2.75, 3.05) is 5.32 Å². The van der Waals surface area contributed by atoms with Crippen molar-refractivity contribution in [1.82, 2.24) is 14.9 Å². The highest BCUT2D eigenvalue weighted by Gasteiger charge is 2.21. The van der Waals surface area contributed by atoms with E-state index in [2.05, 4.69) is 15.6 Å².